The molecular weight excluding hydrogens is 354 g/mol. The van der Waals surface area contributed by atoms with Gasteiger partial charge in [0.05, 0.1) is 20.8 Å². The molecule has 152 valence electrons. The van der Waals surface area contributed by atoms with E-state index < -0.39 is 5.41 Å². The molecule has 5 nitrogen and oxygen atoms in total. The molecule has 0 heterocycles. The fourth-order valence-corrected chi connectivity index (χ4v) is 2.89. The van der Waals surface area contributed by atoms with Gasteiger partial charge >= 0.3 is 0 Å². The highest BCUT2D eigenvalue weighted by Gasteiger charge is 2.27. The third-order valence-electron chi connectivity index (χ3n) is 4.80. The Morgan fingerprint density at radius 2 is 1.68 bits per heavy atom. The van der Waals surface area contributed by atoms with E-state index in [1.54, 1.807) is 32.4 Å². The Labute approximate surface area is 168 Å². The second-order valence-corrected chi connectivity index (χ2v) is 7.63. The highest BCUT2D eigenvalue weighted by Crippen LogP contribution is 2.31. The van der Waals surface area contributed by atoms with Gasteiger partial charge in [0.15, 0.2) is 11.5 Å². The maximum absolute atomic E-state index is 12.7. The van der Waals surface area contributed by atoms with Gasteiger partial charge in [-0.3, -0.25) is 4.79 Å². The summed E-state index contributed by atoms with van der Waals surface area (Å²) >= 11 is 0. The van der Waals surface area contributed by atoms with Crippen molar-refractivity contribution in [3.8, 4) is 17.2 Å². The van der Waals surface area contributed by atoms with Crippen LogP contribution in [0.1, 0.15) is 37.8 Å². The highest BCUT2D eigenvalue weighted by molar-refractivity contribution is 5.95. The van der Waals surface area contributed by atoms with Crippen molar-refractivity contribution >= 4 is 11.6 Å². The number of methoxy groups -OCH3 is 2. The topological polar surface area (TPSA) is 56.8 Å². The molecule has 1 amide bonds. The van der Waals surface area contributed by atoms with E-state index in [-0.39, 0.29) is 5.91 Å². The number of nitrogens with one attached hydrogen (secondary N) is 1. The molecule has 1 N–H and O–H groups in total. The zero-order valence-corrected chi connectivity index (χ0v) is 17.7. The summed E-state index contributed by atoms with van der Waals surface area (Å²) in [4.78, 5) is 12.7. The Hall–Kier alpha value is -2.69. The predicted octanol–water partition coefficient (Wildman–Crippen LogP) is 5.14. The standard InChI is InChI=1S/C23H31NO4/c1-16-8-9-17(2)20(14-16)28-13-7-12-23(3,4)22(25)24-18-10-11-19(26-5)21(15-18)27-6/h8-11,14-15H,7,12-13H2,1-6H3,(H,24,25). The lowest BCUT2D eigenvalue weighted by molar-refractivity contribution is -0.124. The molecule has 0 radical (unpaired) electrons. The Kier molecular flexibility index (Phi) is 7.32. The van der Waals surface area contributed by atoms with E-state index >= 15 is 0 Å². The third-order valence-corrected chi connectivity index (χ3v) is 4.80. The first kappa shape index (κ1) is 21.6. The van der Waals surface area contributed by atoms with Crippen LogP contribution in [0.15, 0.2) is 36.4 Å². The van der Waals surface area contributed by atoms with Crippen LogP contribution in [0, 0.1) is 19.3 Å². The molecule has 2 rings (SSSR count). The van der Waals surface area contributed by atoms with Crippen LogP contribution in [-0.2, 0) is 4.79 Å². The molecule has 0 saturated carbocycles. The fourth-order valence-electron chi connectivity index (χ4n) is 2.89. The lowest BCUT2D eigenvalue weighted by Gasteiger charge is -2.24. The van der Waals surface area contributed by atoms with E-state index in [0.29, 0.717) is 23.8 Å². The van der Waals surface area contributed by atoms with Crippen LogP contribution >= 0.6 is 0 Å². The van der Waals surface area contributed by atoms with Crippen LogP contribution in [0.2, 0.25) is 0 Å². The van der Waals surface area contributed by atoms with Gasteiger partial charge in [0.1, 0.15) is 5.75 Å². The van der Waals surface area contributed by atoms with Gasteiger partial charge in [-0.05, 0) is 56.0 Å². The number of carbonyl (C=O) groups excluding carboxylic acids is 1. The molecule has 0 saturated heterocycles. The third kappa shape index (κ3) is 5.65. The molecule has 0 fully saturated rings. The molecule has 0 aliphatic carbocycles. The minimum absolute atomic E-state index is 0.0357. The number of aryl methyl sites for hydroxylation is 2. The number of carbonyl (C=O) groups is 1. The largest absolute Gasteiger partial charge is 0.493 e. The molecule has 0 aromatic heterocycles. The Bertz CT molecular complexity index is 814. The van der Waals surface area contributed by atoms with Crippen molar-refractivity contribution in [2.75, 3.05) is 26.1 Å². The van der Waals surface area contributed by atoms with Crippen molar-refractivity contribution in [3.63, 3.8) is 0 Å². The first-order chi connectivity index (χ1) is 13.3. The molecule has 0 unspecified atom stereocenters. The lowest BCUT2D eigenvalue weighted by atomic mass is 9.87. The second kappa shape index (κ2) is 9.49. The quantitative estimate of drug-likeness (QED) is 0.607. The molecule has 0 spiro atoms. The summed E-state index contributed by atoms with van der Waals surface area (Å²) in [6.45, 7) is 8.56. The van der Waals surface area contributed by atoms with Crippen LogP contribution in [0.5, 0.6) is 17.2 Å². The number of benzene rings is 2. The maximum Gasteiger partial charge on any atom is 0.230 e. The SMILES string of the molecule is COc1ccc(NC(=O)C(C)(C)CCCOc2cc(C)ccc2C)cc1OC. The van der Waals surface area contributed by atoms with Gasteiger partial charge in [-0.2, -0.15) is 0 Å². The Morgan fingerprint density at radius 1 is 0.964 bits per heavy atom. The zero-order valence-electron chi connectivity index (χ0n) is 17.7. The number of amides is 1. The van der Waals surface area contributed by atoms with Gasteiger partial charge in [-0.25, -0.2) is 0 Å². The van der Waals surface area contributed by atoms with Crippen molar-refractivity contribution in [1.82, 2.24) is 0 Å². The zero-order chi connectivity index (χ0) is 20.7. The van der Waals surface area contributed by atoms with Crippen molar-refractivity contribution in [1.29, 1.82) is 0 Å². The summed E-state index contributed by atoms with van der Waals surface area (Å²) in [5, 5.41) is 2.97. The van der Waals surface area contributed by atoms with E-state index in [0.717, 1.165) is 24.2 Å². The number of anilines is 1. The van der Waals surface area contributed by atoms with Crippen LogP contribution in [-0.4, -0.2) is 26.7 Å². The van der Waals surface area contributed by atoms with Crippen LogP contribution in [0.3, 0.4) is 0 Å². The van der Waals surface area contributed by atoms with Gasteiger partial charge in [-0.15, -0.1) is 0 Å². The summed E-state index contributed by atoms with van der Waals surface area (Å²) in [6.07, 6.45) is 1.51. The average molecular weight is 386 g/mol. The van der Waals surface area contributed by atoms with Crippen LogP contribution < -0.4 is 19.5 Å². The van der Waals surface area contributed by atoms with Crippen molar-refractivity contribution in [2.45, 2.75) is 40.5 Å². The molecule has 28 heavy (non-hydrogen) atoms. The molecule has 0 aliphatic rings. The molecular formula is C23H31NO4. The fraction of sp³-hybridized carbons (Fsp3) is 0.435. The van der Waals surface area contributed by atoms with E-state index in [1.165, 1.54) is 5.56 Å². The second-order valence-electron chi connectivity index (χ2n) is 7.63. The van der Waals surface area contributed by atoms with Crippen molar-refractivity contribution in [3.05, 3.63) is 47.5 Å². The van der Waals surface area contributed by atoms with Crippen LogP contribution in [0.25, 0.3) is 0 Å². The highest BCUT2D eigenvalue weighted by atomic mass is 16.5. The van der Waals surface area contributed by atoms with E-state index in [9.17, 15) is 4.79 Å². The number of hydrogen-bond acceptors (Lipinski definition) is 4. The summed E-state index contributed by atoms with van der Waals surface area (Å²) in [5.41, 5.74) is 2.46. The Morgan fingerprint density at radius 3 is 2.36 bits per heavy atom. The van der Waals surface area contributed by atoms with Gasteiger partial charge in [0.25, 0.3) is 0 Å². The number of hydrogen-bond donors (Lipinski definition) is 1. The van der Waals surface area contributed by atoms with E-state index in [4.69, 9.17) is 14.2 Å². The minimum Gasteiger partial charge on any atom is -0.493 e. The molecule has 2 aromatic carbocycles. The monoisotopic (exact) mass is 385 g/mol. The van der Waals surface area contributed by atoms with E-state index in [2.05, 4.69) is 17.4 Å². The van der Waals surface area contributed by atoms with Crippen molar-refractivity contribution in [2.24, 2.45) is 5.41 Å². The maximum atomic E-state index is 12.7. The summed E-state index contributed by atoms with van der Waals surface area (Å²) in [5.74, 6) is 2.09. The Balaban J connectivity index is 1.89. The number of ether oxygens (including phenoxy) is 3. The number of rotatable bonds is 9. The smallest absolute Gasteiger partial charge is 0.230 e. The summed E-state index contributed by atoms with van der Waals surface area (Å²) in [7, 11) is 3.16. The first-order valence-corrected chi connectivity index (χ1v) is 9.50. The first-order valence-electron chi connectivity index (χ1n) is 9.50. The molecule has 5 heteroatoms. The lowest BCUT2D eigenvalue weighted by Crippen LogP contribution is -2.31. The molecule has 0 atom stereocenters. The van der Waals surface area contributed by atoms with E-state index in [1.807, 2.05) is 33.8 Å². The van der Waals surface area contributed by atoms with Gasteiger partial charge in [0.2, 0.25) is 5.91 Å². The van der Waals surface area contributed by atoms with Crippen molar-refractivity contribution < 1.29 is 19.0 Å². The molecule has 0 aliphatic heterocycles. The minimum atomic E-state index is -0.516. The van der Waals surface area contributed by atoms with Crippen LogP contribution in [0.4, 0.5) is 5.69 Å². The van der Waals surface area contributed by atoms with Gasteiger partial charge in [0, 0.05) is 17.2 Å². The molecule has 2 aromatic rings. The molecule has 0 bridgehead atoms. The summed E-state index contributed by atoms with van der Waals surface area (Å²) in [6, 6.07) is 11.5. The summed E-state index contributed by atoms with van der Waals surface area (Å²) < 4.78 is 16.4. The average Bonchev–Trinajstić information content (AvgIpc) is 2.67. The van der Waals surface area contributed by atoms with Gasteiger partial charge < -0.3 is 19.5 Å². The predicted molar refractivity (Wildman–Crippen MR) is 113 cm³/mol. The van der Waals surface area contributed by atoms with Gasteiger partial charge in [-0.1, -0.05) is 26.0 Å². The normalized spacial score (nSPS) is 11.1.